The highest BCUT2D eigenvalue weighted by atomic mass is 16.4. The van der Waals surface area contributed by atoms with Gasteiger partial charge in [0.25, 0.3) is 5.91 Å². The Morgan fingerprint density at radius 3 is 2.73 bits per heavy atom. The van der Waals surface area contributed by atoms with Crippen molar-refractivity contribution in [2.24, 2.45) is 11.8 Å². The third-order valence-corrected chi connectivity index (χ3v) is 4.12. The lowest BCUT2D eigenvalue weighted by Gasteiger charge is -2.38. The monoisotopic (exact) mass is 304 g/mol. The predicted octanol–water partition coefficient (Wildman–Crippen LogP) is 1.95. The number of carbonyl (C=O) groups is 1. The van der Waals surface area contributed by atoms with Gasteiger partial charge in [-0.1, -0.05) is 13.8 Å². The summed E-state index contributed by atoms with van der Waals surface area (Å²) >= 11 is 0. The minimum absolute atomic E-state index is 0.00702. The summed E-state index contributed by atoms with van der Waals surface area (Å²) in [5.74, 6) is 1.33. The fraction of sp³-hybridized carbons (Fsp3) is 0.688. The van der Waals surface area contributed by atoms with Crippen LogP contribution in [0.4, 0.5) is 0 Å². The Hall–Kier alpha value is -1.87. The van der Waals surface area contributed by atoms with E-state index >= 15 is 0 Å². The largest absolute Gasteiger partial charge is 0.434 e. The van der Waals surface area contributed by atoms with E-state index in [1.165, 1.54) is 6.42 Å². The van der Waals surface area contributed by atoms with E-state index < -0.39 is 0 Å². The van der Waals surface area contributed by atoms with Crippen LogP contribution in [0.1, 0.15) is 49.3 Å². The highest BCUT2D eigenvalue weighted by Crippen LogP contribution is 2.22. The standard InChI is InChI=1S/C16H24N4O2/c1-10-5-11(2)9-20(8-10)12(3)7-18-16(21)15-14(6-17)19-13(4)22-15/h10-12H,5,7-9H2,1-4H3,(H,18,21)/t10-,11-,12+/m1/s1. The van der Waals surface area contributed by atoms with Crippen LogP contribution in [0.25, 0.3) is 0 Å². The molecular weight excluding hydrogens is 280 g/mol. The Balaban J connectivity index is 1.92. The minimum Gasteiger partial charge on any atom is -0.434 e. The van der Waals surface area contributed by atoms with Crippen LogP contribution in [-0.4, -0.2) is 41.5 Å². The Labute approximate surface area is 131 Å². The smallest absolute Gasteiger partial charge is 0.290 e. The van der Waals surface area contributed by atoms with Crippen molar-refractivity contribution in [2.45, 2.75) is 40.2 Å². The van der Waals surface area contributed by atoms with Gasteiger partial charge in [0.2, 0.25) is 5.76 Å². The number of piperidine rings is 1. The van der Waals surface area contributed by atoms with Gasteiger partial charge in [0.1, 0.15) is 6.07 Å². The van der Waals surface area contributed by atoms with Crippen molar-refractivity contribution >= 4 is 5.91 Å². The average molecular weight is 304 g/mol. The number of hydrogen-bond acceptors (Lipinski definition) is 5. The summed E-state index contributed by atoms with van der Waals surface area (Å²) in [6, 6.07) is 2.14. The van der Waals surface area contributed by atoms with Gasteiger partial charge in [-0.15, -0.1) is 0 Å². The van der Waals surface area contributed by atoms with E-state index in [0.717, 1.165) is 13.1 Å². The van der Waals surface area contributed by atoms with E-state index in [1.54, 1.807) is 6.92 Å². The molecule has 1 saturated heterocycles. The molecule has 120 valence electrons. The molecule has 0 aliphatic carbocycles. The van der Waals surface area contributed by atoms with Crippen LogP contribution in [0.15, 0.2) is 4.42 Å². The summed E-state index contributed by atoms with van der Waals surface area (Å²) in [7, 11) is 0. The molecular formula is C16H24N4O2. The van der Waals surface area contributed by atoms with Gasteiger partial charge in [-0.05, 0) is 25.2 Å². The number of aryl methyl sites for hydroxylation is 1. The van der Waals surface area contributed by atoms with Crippen LogP contribution in [0, 0.1) is 30.1 Å². The molecule has 0 radical (unpaired) electrons. The Bertz CT molecular complexity index is 565. The second-order valence-electron chi connectivity index (χ2n) is 6.48. The molecule has 2 heterocycles. The molecule has 2 rings (SSSR count). The fourth-order valence-electron chi connectivity index (χ4n) is 3.18. The molecule has 0 spiro atoms. The van der Waals surface area contributed by atoms with E-state index in [2.05, 4.69) is 36.0 Å². The van der Waals surface area contributed by atoms with E-state index in [1.807, 2.05) is 6.07 Å². The van der Waals surface area contributed by atoms with Crippen molar-refractivity contribution in [2.75, 3.05) is 19.6 Å². The summed E-state index contributed by atoms with van der Waals surface area (Å²) in [6.45, 7) is 10.9. The first-order valence-corrected chi connectivity index (χ1v) is 7.80. The van der Waals surface area contributed by atoms with Crippen molar-refractivity contribution in [1.82, 2.24) is 15.2 Å². The van der Waals surface area contributed by atoms with Crippen LogP contribution in [0.5, 0.6) is 0 Å². The maximum atomic E-state index is 12.1. The first kappa shape index (κ1) is 16.5. The second kappa shape index (κ2) is 6.93. The average Bonchev–Trinajstić information content (AvgIpc) is 2.84. The molecule has 1 fully saturated rings. The molecule has 1 aromatic rings. The number of rotatable bonds is 4. The molecule has 1 aromatic heterocycles. The first-order valence-electron chi connectivity index (χ1n) is 7.80. The number of nitrogens with one attached hydrogen (secondary N) is 1. The fourth-order valence-corrected chi connectivity index (χ4v) is 3.18. The number of aromatic nitrogens is 1. The number of carbonyl (C=O) groups excluding carboxylic acids is 1. The molecule has 0 aromatic carbocycles. The van der Waals surface area contributed by atoms with Crippen molar-refractivity contribution in [3.8, 4) is 6.07 Å². The summed E-state index contributed by atoms with van der Waals surface area (Å²) in [5, 5.41) is 11.8. The van der Waals surface area contributed by atoms with E-state index in [-0.39, 0.29) is 23.4 Å². The highest BCUT2D eigenvalue weighted by Gasteiger charge is 2.26. The van der Waals surface area contributed by atoms with Crippen LogP contribution in [-0.2, 0) is 0 Å². The lowest BCUT2D eigenvalue weighted by molar-refractivity contribution is 0.0846. The number of likely N-dealkylation sites (tertiary alicyclic amines) is 1. The van der Waals surface area contributed by atoms with Crippen molar-refractivity contribution < 1.29 is 9.21 Å². The topological polar surface area (TPSA) is 82.2 Å². The van der Waals surface area contributed by atoms with Gasteiger partial charge in [-0.25, -0.2) is 4.98 Å². The highest BCUT2D eigenvalue weighted by molar-refractivity contribution is 5.93. The number of nitriles is 1. The van der Waals surface area contributed by atoms with Crippen LogP contribution in [0.3, 0.4) is 0 Å². The summed E-state index contributed by atoms with van der Waals surface area (Å²) in [5.41, 5.74) is 0.0443. The van der Waals surface area contributed by atoms with Gasteiger partial charge in [0, 0.05) is 32.6 Å². The van der Waals surface area contributed by atoms with E-state index in [0.29, 0.717) is 24.3 Å². The first-order chi connectivity index (χ1) is 10.4. The van der Waals surface area contributed by atoms with Gasteiger partial charge >= 0.3 is 0 Å². The van der Waals surface area contributed by atoms with Gasteiger partial charge in [-0.3, -0.25) is 9.69 Å². The number of nitrogens with zero attached hydrogens (tertiary/aromatic N) is 3. The second-order valence-corrected chi connectivity index (χ2v) is 6.48. The van der Waals surface area contributed by atoms with Crippen molar-refractivity contribution in [3.63, 3.8) is 0 Å². The summed E-state index contributed by atoms with van der Waals surface area (Å²) in [4.78, 5) is 18.4. The van der Waals surface area contributed by atoms with Crippen LogP contribution < -0.4 is 5.32 Å². The summed E-state index contributed by atoms with van der Waals surface area (Å²) < 4.78 is 5.22. The molecule has 3 atom stereocenters. The zero-order valence-electron chi connectivity index (χ0n) is 13.7. The van der Waals surface area contributed by atoms with Crippen LogP contribution in [0.2, 0.25) is 0 Å². The van der Waals surface area contributed by atoms with Gasteiger partial charge in [0.05, 0.1) is 0 Å². The number of oxazole rings is 1. The van der Waals surface area contributed by atoms with E-state index in [9.17, 15) is 4.79 Å². The molecule has 0 unspecified atom stereocenters. The molecule has 1 amide bonds. The Morgan fingerprint density at radius 1 is 1.50 bits per heavy atom. The molecule has 1 aliphatic heterocycles. The maximum Gasteiger partial charge on any atom is 0.290 e. The number of hydrogen-bond donors (Lipinski definition) is 1. The quantitative estimate of drug-likeness (QED) is 0.919. The Kier molecular flexibility index (Phi) is 5.19. The predicted molar refractivity (Wildman–Crippen MR) is 82.3 cm³/mol. The lowest BCUT2D eigenvalue weighted by atomic mass is 9.91. The lowest BCUT2D eigenvalue weighted by Crippen LogP contribution is -2.48. The van der Waals surface area contributed by atoms with Gasteiger partial charge in [-0.2, -0.15) is 5.26 Å². The normalized spacial score (nSPS) is 23.8. The molecule has 0 saturated carbocycles. The Morgan fingerprint density at radius 2 is 2.14 bits per heavy atom. The zero-order valence-corrected chi connectivity index (χ0v) is 13.7. The van der Waals surface area contributed by atoms with E-state index in [4.69, 9.17) is 9.68 Å². The molecule has 22 heavy (non-hydrogen) atoms. The molecule has 6 nitrogen and oxygen atoms in total. The third kappa shape index (κ3) is 3.86. The van der Waals surface area contributed by atoms with Gasteiger partial charge in [0.15, 0.2) is 11.6 Å². The molecule has 6 heteroatoms. The molecule has 1 N–H and O–H groups in total. The third-order valence-electron chi connectivity index (χ3n) is 4.12. The zero-order chi connectivity index (χ0) is 16.3. The van der Waals surface area contributed by atoms with Crippen molar-refractivity contribution in [3.05, 3.63) is 17.3 Å². The summed E-state index contributed by atoms with van der Waals surface area (Å²) in [6.07, 6.45) is 1.26. The SMILES string of the molecule is Cc1nc(C#N)c(C(=O)NC[C@H](C)N2C[C@H](C)C[C@@H](C)C2)o1. The molecule has 0 bridgehead atoms. The number of amides is 1. The molecule has 1 aliphatic rings. The van der Waals surface area contributed by atoms with Crippen molar-refractivity contribution in [1.29, 1.82) is 5.26 Å². The van der Waals surface area contributed by atoms with Crippen LogP contribution >= 0.6 is 0 Å². The minimum atomic E-state index is -0.373. The van der Waals surface area contributed by atoms with Gasteiger partial charge < -0.3 is 9.73 Å². The maximum absolute atomic E-state index is 12.1.